The highest BCUT2D eigenvalue weighted by Crippen LogP contribution is 2.61. The standard InChI is InChI=1S/C19H26N8O14P2S/c20-14-8-16(26-19(22)25-14)27(4-23-8)18-12(31)10(29)7(40-18)2-38-43(35,36)41-42(33,34)37-1-6-9(28)11(30)13(39-6)17-24-5(3-44-17)15(21)32/h3-4,6-7,9-13,18,28-31H,1-2H2,(H2,21,32)(H,33,34)(H,35,36)(H4,20,22,25,26)/t6-,7-,9-,10-,11-,12-,13-,18-/m1/s1. The van der Waals surface area contributed by atoms with Gasteiger partial charge < -0.3 is 56.9 Å². The summed E-state index contributed by atoms with van der Waals surface area (Å²) >= 11 is 0.903. The van der Waals surface area contributed by atoms with Gasteiger partial charge >= 0.3 is 15.6 Å². The van der Waals surface area contributed by atoms with Crippen LogP contribution in [-0.2, 0) is 32.0 Å². The van der Waals surface area contributed by atoms with E-state index in [2.05, 4.69) is 28.8 Å². The van der Waals surface area contributed by atoms with Crippen molar-refractivity contribution in [1.82, 2.24) is 24.5 Å². The van der Waals surface area contributed by atoms with Gasteiger partial charge in [0.25, 0.3) is 5.91 Å². The van der Waals surface area contributed by atoms with E-state index in [1.165, 1.54) is 16.3 Å². The molecule has 0 spiro atoms. The predicted octanol–water partition coefficient (Wildman–Crippen LogP) is -2.72. The van der Waals surface area contributed by atoms with Crippen LogP contribution in [0.4, 0.5) is 11.8 Å². The minimum Gasteiger partial charge on any atom is -0.387 e. The number of thiazole rings is 1. The van der Waals surface area contributed by atoms with Crippen LogP contribution in [0.2, 0.25) is 0 Å². The molecule has 2 aliphatic rings. The van der Waals surface area contributed by atoms with Gasteiger partial charge in [-0.05, 0) is 0 Å². The molecule has 0 radical (unpaired) electrons. The largest absolute Gasteiger partial charge is 0.481 e. The molecule has 0 aliphatic carbocycles. The van der Waals surface area contributed by atoms with Crippen LogP contribution in [0.3, 0.4) is 0 Å². The quantitative estimate of drug-likeness (QED) is 0.0926. The summed E-state index contributed by atoms with van der Waals surface area (Å²) in [6.45, 7) is -1.83. The second-order valence-corrected chi connectivity index (χ2v) is 13.4. The molecule has 242 valence electrons. The molecule has 0 saturated carbocycles. The average molecular weight is 684 g/mol. The first-order valence-electron chi connectivity index (χ1n) is 12.3. The van der Waals surface area contributed by atoms with Crippen LogP contribution < -0.4 is 17.2 Å². The average Bonchev–Trinajstić information content (AvgIpc) is 3.70. The maximum absolute atomic E-state index is 12.4. The zero-order chi connectivity index (χ0) is 32.1. The number of aliphatic hydroxyl groups is 4. The third-order valence-electron chi connectivity index (χ3n) is 6.47. The molecule has 25 heteroatoms. The maximum atomic E-state index is 12.4. The molecular weight excluding hydrogens is 658 g/mol. The Morgan fingerprint density at radius 2 is 1.57 bits per heavy atom. The van der Waals surface area contributed by atoms with Gasteiger partial charge in [0.1, 0.15) is 58.9 Å². The molecule has 3 aromatic heterocycles. The van der Waals surface area contributed by atoms with E-state index in [0.29, 0.717) is 0 Å². The van der Waals surface area contributed by atoms with E-state index in [4.69, 9.17) is 31.2 Å². The molecule has 2 fully saturated rings. The number of hydrogen-bond acceptors (Lipinski definition) is 19. The maximum Gasteiger partial charge on any atom is 0.481 e. The summed E-state index contributed by atoms with van der Waals surface area (Å²) in [5.74, 6) is -1.10. The summed E-state index contributed by atoms with van der Waals surface area (Å²) in [4.78, 5) is 46.9. The summed E-state index contributed by atoms with van der Waals surface area (Å²) in [5.41, 5.74) is 16.6. The summed E-state index contributed by atoms with van der Waals surface area (Å²) < 4.78 is 50.6. The van der Waals surface area contributed by atoms with Gasteiger partial charge in [-0.15, -0.1) is 11.3 Å². The number of rotatable bonds is 11. The topological polar surface area (TPSA) is 353 Å². The van der Waals surface area contributed by atoms with Crippen LogP contribution >= 0.6 is 27.0 Å². The Hall–Kier alpha value is -2.73. The zero-order valence-corrected chi connectivity index (χ0v) is 24.5. The number of nitrogens with two attached hydrogens (primary N) is 3. The number of phosphoric acid groups is 2. The first-order valence-corrected chi connectivity index (χ1v) is 16.1. The van der Waals surface area contributed by atoms with Crippen LogP contribution in [0.1, 0.15) is 27.8 Å². The van der Waals surface area contributed by atoms with E-state index in [9.17, 15) is 44.1 Å². The molecule has 2 unspecified atom stereocenters. The monoisotopic (exact) mass is 684 g/mol. The molecule has 44 heavy (non-hydrogen) atoms. The lowest BCUT2D eigenvalue weighted by Crippen LogP contribution is -2.33. The van der Waals surface area contributed by atoms with Crippen molar-refractivity contribution in [3.63, 3.8) is 0 Å². The van der Waals surface area contributed by atoms with Gasteiger partial charge in [0.05, 0.1) is 19.5 Å². The third-order valence-corrected chi connectivity index (χ3v) is 9.98. The lowest BCUT2D eigenvalue weighted by molar-refractivity contribution is -0.0507. The van der Waals surface area contributed by atoms with Crippen LogP contribution in [0.15, 0.2) is 11.7 Å². The molecule has 10 atom stereocenters. The molecule has 5 rings (SSSR count). The molecule has 3 aromatic rings. The van der Waals surface area contributed by atoms with Crippen molar-refractivity contribution in [3.8, 4) is 0 Å². The van der Waals surface area contributed by atoms with Gasteiger partial charge in [0.15, 0.2) is 17.7 Å². The number of carbonyl (C=O) groups is 1. The van der Waals surface area contributed by atoms with E-state index in [1.54, 1.807) is 0 Å². The number of amides is 1. The fraction of sp³-hybridized carbons (Fsp3) is 0.526. The highest BCUT2D eigenvalue weighted by molar-refractivity contribution is 7.61. The Kier molecular flexibility index (Phi) is 9.07. The molecule has 2 saturated heterocycles. The number of ether oxygens (including phenoxy) is 2. The van der Waals surface area contributed by atoms with E-state index < -0.39 is 83.7 Å². The number of primary amides is 1. The second-order valence-electron chi connectivity index (χ2n) is 9.46. The Morgan fingerprint density at radius 3 is 2.18 bits per heavy atom. The van der Waals surface area contributed by atoms with Crippen LogP contribution in [0, 0.1) is 0 Å². The highest BCUT2D eigenvalue weighted by Gasteiger charge is 2.48. The number of aromatic nitrogens is 5. The number of imidazole rings is 1. The van der Waals surface area contributed by atoms with Crippen LogP contribution in [0.5, 0.6) is 0 Å². The van der Waals surface area contributed by atoms with Gasteiger partial charge in [-0.3, -0.25) is 18.4 Å². The molecule has 2 aliphatic heterocycles. The van der Waals surface area contributed by atoms with Crippen LogP contribution in [0.25, 0.3) is 11.2 Å². The number of fused-ring (bicyclic) bond motifs is 1. The normalized spacial score (nSPS) is 31.7. The lowest BCUT2D eigenvalue weighted by atomic mass is 10.1. The number of hydrogen-bond donors (Lipinski definition) is 9. The lowest BCUT2D eigenvalue weighted by Gasteiger charge is -2.20. The molecule has 12 N–H and O–H groups in total. The molecule has 0 aromatic carbocycles. The molecule has 0 bridgehead atoms. The van der Waals surface area contributed by atoms with Gasteiger partial charge in [-0.1, -0.05) is 0 Å². The number of aliphatic hydroxyl groups excluding tert-OH is 4. The smallest absolute Gasteiger partial charge is 0.387 e. The molecule has 5 heterocycles. The van der Waals surface area contributed by atoms with Crippen molar-refractivity contribution in [3.05, 3.63) is 22.4 Å². The summed E-state index contributed by atoms with van der Waals surface area (Å²) in [6, 6.07) is 0. The van der Waals surface area contributed by atoms with E-state index in [-0.39, 0.29) is 33.6 Å². The number of nitrogen functional groups attached to an aromatic ring is 2. The van der Waals surface area contributed by atoms with Gasteiger partial charge in [-0.2, -0.15) is 14.3 Å². The predicted molar refractivity (Wildman–Crippen MR) is 143 cm³/mol. The van der Waals surface area contributed by atoms with Gasteiger partial charge in [-0.25, -0.2) is 19.1 Å². The summed E-state index contributed by atoms with van der Waals surface area (Å²) in [5, 5.41) is 42.9. The Labute approximate surface area is 249 Å². The van der Waals surface area contributed by atoms with Crippen molar-refractivity contribution in [2.45, 2.75) is 49.0 Å². The fourth-order valence-electron chi connectivity index (χ4n) is 4.37. The van der Waals surface area contributed by atoms with Crippen molar-refractivity contribution in [2.24, 2.45) is 5.73 Å². The highest BCUT2D eigenvalue weighted by atomic mass is 32.1. The number of nitrogens with zero attached hydrogens (tertiary/aromatic N) is 5. The fourth-order valence-corrected chi connectivity index (χ4v) is 7.35. The SMILES string of the molecule is NC(=O)c1csc([C@@H]2O[C@H](COP(=O)(O)OP(=O)(O)OC[C@H]3O[C@@H](n4cnc5c(N)nc(N)nc54)[C@H](O)[C@@H]3O)[C@@H](O)[C@H]2O)n1. The summed E-state index contributed by atoms with van der Waals surface area (Å²) in [6.07, 6.45) is -10.9. The van der Waals surface area contributed by atoms with Gasteiger partial charge in [0.2, 0.25) is 5.95 Å². The Bertz CT molecular complexity index is 1640. The Balaban J connectivity index is 1.16. The first-order chi connectivity index (χ1) is 20.6. The van der Waals surface area contributed by atoms with Crippen LogP contribution in [-0.4, -0.2) is 110 Å². The summed E-state index contributed by atoms with van der Waals surface area (Å²) in [7, 11) is -10.8. The Morgan fingerprint density at radius 1 is 0.955 bits per heavy atom. The molecule has 1 amide bonds. The van der Waals surface area contributed by atoms with Crippen molar-refractivity contribution < 1.29 is 67.0 Å². The van der Waals surface area contributed by atoms with Gasteiger partial charge in [0, 0.05) is 5.38 Å². The molecular formula is C19H26N8O14P2S. The van der Waals surface area contributed by atoms with E-state index in [1.807, 2.05) is 0 Å². The number of phosphoric ester groups is 2. The first kappa shape index (κ1) is 32.7. The van der Waals surface area contributed by atoms with E-state index >= 15 is 0 Å². The minimum atomic E-state index is -5.39. The van der Waals surface area contributed by atoms with Crippen molar-refractivity contribution in [2.75, 3.05) is 24.7 Å². The molecule has 22 nitrogen and oxygen atoms in total. The third kappa shape index (κ3) is 6.61. The van der Waals surface area contributed by atoms with Crippen molar-refractivity contribution in [1.29, 1.82) is 0 Å². The zero-order valence-electron chi connectivity index (χ0n) is 21.9. The number of anilines is 2. The number of carbonyl (C=O) groups excluding carboxylic acids is 1. The van der Waals surface area contributed by atoms with E-state index in [0.717, 1.165) is 11.3 Å². The van der Waals surface area contributed by atoms with Crippen molar-refractivity contribution >= 4 is 55.8 Å². The minimum absolute atomic E-state index is 0.0552. The second kappa shape index (κ2) is 12.2.